The Morgan fingerprint density at radius 1 is 0.897 bits per heavy atom. The molecular formula is C22H25Br2N3O2. The fourth-order valence-corrected chi connectivity index (χ4v) is 4.98. The topological polar surface area (TPSA) is 89.4 Å². The van der Waals surface area contributed by atoms with Gasteiger partial charge in [-0.25, -0.2) is 0 Å². The van der Waals surface area contributed by atoms with Crippen LogP contribution in [-0.4, -0.2) is 29.3 Å². The molecule has 0 radical (unpaired) electrons. The number of hydrogen-bond donors (Lipinski definition) is 2. The summed E-state index contributed by atoms with van der Waals surface area (Å²) in [6.07, 6.45) is 0. The molecule has 0 aromatic heterocycles. The lowest BCUT2D eigenvalue weighted by molar-refractivity contribution is -0.130. The maximum Gasteiger partial charge on any atom is 0.222 e. The first-order valence-corrected chi connectivity index (χ1v) is 11.1. The van der Waals surface area contributed by atoms with Gasteiger partial charge in [0.05, 0.1) is 11.8 Å². The SMILES string of the molecule is CC(c1ccc(Br)cc1)C1C(C(N)=O)C(C(N)=O)CN1C(C)c1ccc(Br)cc1. The van der Waals surface area contributed by atoms with Crippen LogP contribution in [0.3, 0.4) is 0 Å². The first kappa shape index (κ1) is 22.0. The van der Waals surface area contributed by atoms with Crippen molar-refractivity contribution >= 4 is 43.7 Å². The number of halogens is 2. The molecule has 2 amide bonds. The number of hydrogen-bond acceptors (Lipinski definition) is 3. The first-order chi connectivity index (χ1) is 13.7. The molecule has 0 saturated carbocycles. The van der Waals surface area contributed by atoms with E-state index in [2.05, 4.69) is 50.6 Å². The Hall–Kier alpha value is -1.70. The summed E-state index contributed by atoms with van der Waals surface area (Å²) in [5.41, 5.74) is 13.7. The Bertz CT molecular complexity index is 886. The molecule has 1 aliphatic rings. The van der Waals surface area contributed by atoms with Crippen LogP contribution in [0.1, 0.15) is 36.9 Å². The minimum Gasteiger partial charge on any atom is -0.369 e. The molecule has 0 bridgehead atoms. The number of likely N-dealkylation sites (tertiary alicyclic amines) is 1. The van der Waals surface area contributed by atoms with E-state index in [4.69, 9.17) is 11.5 Å². The first-order valence-electron chi connectivity index (χ1n) is 9.56. The minimum atomic E-state index is -0.635. The lowest BCUT2D eigenvalue weighted by Crippen LogP contribution is -2.44. The van der Waals surface area contributed by atoms with Gasteiger partial charge < -0.3 is 11.5 Å². The van der Waals surface area contributed by atoms with Gasteiger partial charge in [-0.15, -0.1) is 0 Å². The zero-order valence-corrected chi connectivity index (χ0v) is 19.6. The van der Waals surface area contributed by atoms with Gasteiger partial charge in [0, 0.05) is 27.6 Å². The van der Waals surface area contributed by atoms with Crippen molar-refractivity contribution in [2.75, 3.05) is 6.54 Å². The van der Waals surface area contributed by atoms with E-state index in [1.165, 1.54) is 0 Å². The molecule has 2 aromatic carbocycles. The molecule has 1 aliphatic heterocycles. The van der Waals surface area contributed by atoms with Crippen molar-refractivity contribution in [1.29, 1.82) is 0 Å². The fourth-order valence-electron chi connectivity index (χ4n) is 4.45. The zero-order valence-electron chi connectivity index (χ0n) is 16.4. The van der Waals surface area contributed by atoms with Crippen LogP contribution < -0.4 is 11.5 Å². The van der Waals surface area contributed by atoms with E-state index in [1.54, 1.807) is 0 Å². The molecule has 0 aliphatic carbocycles. The normalized spacial score (nSPS) is 24.2. The summed E-state index contributed by atoms with van der Waals surface area (Å²) in [5.74, 6) is -2.21. The smallest absolute Gasteiger partial charge is 0.222 e. The van der Waals surface area contributed by atoms with Gasteiger partial charge in [0.2, 0.25) is 11.8 Å². The summed E-state index contributed by atoms with van der Waals surface area (Å²) in [6.45, 7) is 4.58. The maximum atomic E-state index is 12.4. The third kappa shape index (κ3) is 4.57. The molecular weight excluding hydrogens is 498 g/mol. The van der Waals surface area contributed by atoms with Crippen LogP contribution in [0.15, 0.2) is 57.5 Å². The summed E-state index contributed by atoms with van der Waals surface area (Å²) in [5, 5.41) is 0. The Balaban J connectivity index is 2.03. The maximum absolute atomic E-state index is 12.4. The van der Waals surface area contributed by atoms with E-state index in [0.717, 1.165) is 20.1 Å². The van der Waals surface area contributed by atoms with Gasteiger partial charge in [0.1, 0.15) is 0 Å². The van der Waals surface area contributed by atoms with Gasteiger partial charge in [0.15, 0.2) is 0 Å². The van der Waals surface area contributed by atoms with Crippen LogP contribution in [0, 0.1) is 11.8 Å². The quantitative estimate of drug-likeness (QED) is 0.601. The fraction of sp³-hybridized carbons (Fsp3) is 0.364. The highest BCUT2D eigenvalue weighted by molar-refractivity contribution is 9.10. The third-order valence-electron chi connectivity index (χ3n) is 6.04. The molecule has 4 N–H and O–H groups in total. The molecule has 3 rings (SSSR count). The molecule has 1 saturated heterocycles. The lowest BCUT2D eigenvalue weighted by Gasteiger charge is -2.36. The van der Waals surface area contributed by atoms with E-state index in [9.17, 15) is 9.59 Å². The van der Waals surface area contributed by atoms with Crippen LogP contribution in [0.4, 0.5) is 0 Å². The van der Waals surface area contributed by atoms with Gasteiger partial charge in [-0.3, -0.25) is 14.5 Å². The van der Waals surface area contributed by atoms with Gasteiger partial charge in [-0.05, 0) is 48.2 Å². The van der Waals surface area contributed by atoms with Crippen molar-refractivity contribution in [2.45, 2.75) is 31.8 Å². The van der Waals surface area contributed by atoms with Crippen LogP contribution in [0.5, 0.6) is 0 Å². The lowest BCUT2D eigenvalue weighted by atomic mass is 9.80. The Labute approximate surface area is 188 Å². The highest BCUT2D eigenvalue weighted by atomic mass is 79.9. The summed E-state index contributed by atoms with van der Waals surface area (Å²) < 4.78 is 1.99. The summed E-state index contributed by atoms with van der Waals surface area (Å²) in [6, 6.07) is 15.9. The predicted molar refractivity (Wildman–Crippen MR) is 121 cm³/mol. The molecule has 5 nitrogen and oxygen atoms in total. The van der Waals surface area contributed by atoms with Crippen molar-refractivity contribution in [3.05, 3.63) is 68.6 Å². The van der Waals surface area contributed by atoms with Crippen LogP contribution in [0.2, 0.25) is 0 Å². The number of carbonyl (C=O) groups excluding carboxylic acids is 2. The number of carbonyl (C=O) groups is 2. The molecule has 29 heavy (non-hydrogen) atoms. The molecule has 0 spiro atoms. The molecule has 1 heterocycles. The summed E-state index contributed by atoms with van der Waals surface area (Å²) >= 11 is 6.93. The number of amides is 2. The number of nitrogens with zero attached hydrogens (tertiary/aromatic N) is 1. The molecule has 2 aromatic rings. The number of benzene rings is 2. The van der Waals surface area contributed by atoms with E-state index in [0.29, 0.717) is 6.54 Å². The molecule has 5 atom stereocenters. The standard InChI is InChI=1S/C22H25Br2N3O2/c1-12(14-3-7-16(23)8-4-14)20-19(22(26)29)18(21(25)28)11-27(20)13(2)15-5-9-17(24)10-6-15/h3-10,12-13,18-20H,11H2,1-2H3,(H2,25,28)(H2,26,29). The molecule has 7 heteroatoms. The van der Waals surface area contributed by atoms with E-state index in [1.807, 2.05) is 48.5 Å². The van der Waals surface area contributed by atoms with E-state index >= 15 is 0 Å². The highest BCUT2D eigenvalue weighted by Gasteiger charge is 2.51. The second-order valence-electron chi connectivity index (χ2n) is 7.69. The van der Waals surface area contributed by atoms with Crippen LogP contribution >= 0.6 is 31.9 Å². The van der Waals surface area contributed by atoms with Crippen molar-refractivity contribution < 1.29 is 9.59 Å². The number of primary amides is 2. The van der Waals surface area contributed by atoms with Gasteiger partial charge in [0.25, 0.3) is 0 Å². The average Bonchev–Trinajstić information content (AvgIpc) is 3.09. The molecule has 154 valence electrons. The zero-order chi connectivity index (χ0) is 21.3. The predicted octanol–water partition coefficient (Wildman–Crippen LogP) is 3.96. The second-order valence-corrected chi connectivity index (χ2v) is 9.52. The van der Waals surface area contributed by atoms with Gasteiger partial charge in [-0.2, -0.15) is 0 Å². The summed E-state index contributed by atoms with van der Waals surface area (Å²) in [7, 11) is 0. The molecule has 5 unspecified atom stereocenters. The molecule has 1 fully saturated rings. The average molecular weight is 523 g/mol. The van der Waals surface area contributed by atoms with Crippen molar-refractivity contribution in [2.24, 2.45) is 23.3 Å². The van der Waals surface area contributed by atoms with Crippen molar-refractivity contribution in [1.82, 2.24) is 4.90 Å². The van der Waals surface area contributed by atoms with Gasteiger partial charge >= 0.3 is 0 Å². The van der Waals surface area contributed by atoms with E-state index in [-0.39, 0.29) is 18.0 Å². The monoisotopic (exact) mass is 521 g/mol. The van der Waals surface area contributed by atoms with Gasteiger partial charge in [-0.1, -0.05) is 63.0 Å². The van der Waals surface area contributed by atoms with Crippen LogP contribution in [-0.2, 0) is 9.59 Å². The number of rotatable bonds is 6. The largest absolute Gasteiger partial charge is 0.369 e. The second kappa shape index (κ2) is 8.98. The van der Waals surface area contributed by atoms with E-state index < -0.39 is 23.7 Å². The number of nitrogens with two attached hydrogens (primary N) is 2. The Kier molecular flexibility index (Phi) is 6.81. The van der Waals surface area contributed by atoms with Crippen molar-refractivity contribution in [3.63, 3.8) is 0 Å². The third-order valence-corrected chi connectivity index (χ3v) is 7.10. The van der Waals surface area contributed by atoms with Crippen LogP contribution in [0.25, 0.3) is 0 Å². The Morgan fingerprint density at radius 2 is 1.38 bits per heavy atom. The Morgan fingerprint density at radius 3 is 1.83 bits per heavy atom. The minimum absolute atomic E-state index is 0.00259. The van der Waals surface area contributed by atoms with Crippen molar-refractivity contribution in [3.8, 4) is 0 Å². The highest BCUT2D eigenvalue weighted by Crippen LogP contribution is 2.43. The summed E-state index contributed by atoms with van der Waals surface area (Å²) in [4.78, 5) is 26.8.